The van der Waals surface area contributed by atoms with Crippen molar-refractivity contribution in [2.45, 2.75) is 16.2 Å². The first kappa shape index (κ1) is 11.6. The standard InChI is InChI=1S/C14H9ClO2S/c15-9-1-3-14-11(7-9)12(17)6-8-5-10(16)2-4-13(8)18-14/h1-5,7,16H,6H2. The summed E-state index contributed by atoms with van der Waals surface area (Å²) in [7, 11) is 0. The summed E-state index contributed by atoms with van der Waals surface area (Å²) in [5.41, 5.74) is 1.51. The molecule has 0 bridgehead atoms. The maximum absolute atomic E-state index is 12.2. The number of carbonyl (C=O) groups excluding carboxylic acids is 1. The summed E-state index contributed by atoms with van der Waals surface area (Å²) >= 11 is 7.46. The lowest BCUT2D eigenvalue weighted by molar-refractivity contribution is 0.0990. The van der Waals surface area contributed by atoms with Gasteiger partial charge in [-0.05, 0) is 42.0 Å². The summed E-state index contributed by atoms with van der Waals surface area (Å²) in [6, 6.07) is 10.5. The van der Waals surface area contributed by atoms with E-state index in [1.807, 2.05) is 12.1 Å². The molecule has 1 N–H and O–H groups in total. The molecular formula is C14H9ClO2S. The number of Topliss-reactive ketones (excluding diaryl/α,β-unsaturated/α-hetero) is 1. The molecule has 3 rings (SSSR count). The Bertz CT molecular complexity index is 652. The highest BCUT2D eigenvalue weighted by molar-refractivity contribution is 7.99. The first-order valence-corrected chi connectivity index (χ1v) is 6.65. The molecule has 2 nitrogen and oxygen atoms in total. The quantitative estimate of drug-likeness (QED) is 0.792. The summed E-state index contributed by atoms with van der Waals surface area (Å²) in [5, 5.41) is 10.1. The molecule has 0 amide bonds. The summed E-state index contributed by atoms with van der Waals surface area (Å²) in [6.07, 6.45) is 0.296. The Morgan fingerprint density at radius 1 is 1.11 bits per heavy atom. The number of benzene rings is 2. The number of hydrogen-bond acceptors (Lipinski definition) is 3. The van der Waals surface area contributed by atoms with Gasteiger partial charge in [0.25, 0.3) is 0 Å². The summed E-state index contributed by atoms with van der Waals surface area (Å²) < 4.78 is 0. The zero-order valence-corrected chi connectivity index (χ0v) is 10.9. The highest BCUT2D eigenvalue weighted by atomic mass is 35.5. The molecule has 18 heavy (non-hydrogen) atoms. The van der Waals surface area contributed by atoms with Crippen LogP contribution in [0.4, 0.5) is 0 Å². The average Bonchev–Trinajstić information content (AvgIpc) is 2.46. The van der Waals surface area contributed by atoms with Crippen LogP contribution in [0.15, 0.2) is 46.2 Å². The van der Waals surface area contributed by atoms with Crippen LogP contribution in [0.5, 0.6) is 5.75 Å². The number of fused-ring (bicyclic) bond motifs is 2. The van der Waals surface area contributed by atoms with E-state index in [0.29, 0.717) is 17.0 Å². The molecule has 0 saturated carbocycles. The van der Waals surface area contributed by atoms with Crippen LogP contribution in [-0.4, -0.2) is 10.9 Å². The van der Waals surface area contributed by atoms with Crippen molar-refractivity contribution in [3.63, 3.8) is 0 Å². The van der Waals surface area contributed by atoms with Gasteiger partial charge < -0.3 is 5.11 Å². The fourth-order valence-electron chi connectivity index (χ4n) is 2.00. The van der Waals surface area contributed by atoms with Crippen LogP contribution in [0, 0.1) is 0 Å². The van der Waals surface area contributed by atoms with E-state index in [2.05, 4.69) is 0 Å². The van der Waals surface area contributed by atoms with E-state index in [9.17, 15) is 9.90 Å². The van der Waals surface area contributed by atoms with Crippen molar-refractivity contribution >= 4 is 29.1 Å². The third-order valence-electron chi connectivity index (χ3n) is 2.86. The number of ketones is 1. The fourth-order valence-corrected chi connectivity index (χ4v) is 3.23. The van der Waals surface area contributed by atoms with Gasteiger partial charge in [-0.25, -0.2) is 0 Å². The van der Waals surface area contributed by atoms with Crippen molar-refractivity contribution in [3.8, 4) is 5.75 Å². The summed E-state index contributed by atoms with van der Waals surface area (Å²) in [4.78, 5) is 14.1. The van der Waals surface area contributed by atoms with E-state index in [4.69, 9.17) is 11.6 Å². The molecule has 90 valence electrons. The van der Waals surface area contributed by atoms with Gasteiger partial charge in [0.15, 0.2) is 5.78 Å². The van der Waals surface area contributed by atoms with Crippen molar-refractivity contribution in [2.24, 2.45) is 0 Å². The van der Waals surface area contributed by atoms with E-state index in [-0.39, 0.29) is 11.5 Å². The van der Waals surface area contributed by atoms with Gasteiger partial charge in [0, 0.05) is 26.8 Å². The van der Waals surface area contributed by atoms with Crippen molar-refractivity contribution in [1.82, 2.24) is 0 Å². The van der Waals surface area contributed by atoms with Crippen molar-refractivity contribution < 1.29 is 9.90 Å². The molecule has 4 heteroatoms. The van der Waals surface area contributed by atoms with Gasteiger partial charge >= 0.3 is 0 Å². The number of aromatic hydroxyl groups is 1. The Morgan fingerprint density at radius 3 is 2.72 bits per heavy atom. The highest BCUT2D eigenvalue weighted by Crippen LogP contribution is 2.38. The van der Waals surface area contributed by atoms with Crippen LogP contribution in [0.25, 0.3) is 0 Å². The maximum atomic E-state index is 12.2. The topological polar surface area (TPSA) is 37.3 Å². The van der Waals surface area contributed by atoms with E-state index in [0.717, 1.165) is 15.4 Å². The Labute approximate surface area is 114 Å². The molecule has 0 atom stereocenters. The lowest BCUT2D eigenvalue weighted by atomic mass is 10.0. The summed E-state index contributed by atoms with van der Waals surface area (Å²) in [5.74, 6) is 0.218. The SMILES string of the molecule is O=C1Cc2cc(O)ccc2Sc2ccc(Cl)cc21. The van der Waals surface area contributed by atoms with Gasteiger partial charge in [0.1, 0.15) is 5.75 Å². The largest absolute Gasteiger partial charge is 0.508 e. The lowest BCUT2D eigenvalue weighted by Crippen LogP contribution is -2.03. The third kappa shape index (κ3) is 2.00. The number of phenolic OH excluding ortho intramolecular Hbond substituents is 1. The zero-order valence-electron chi connectivity index (χ0n) is 9.31. The number of rotatable bonds is 0. The number of carbonyl (C=O) groups is 1. The van der Waals surface area contributed by atoms with Gasteiger partial charge in [-0.1, -0.05) is 23.4 Å². The zero-order chi connectivity index (χ0) is 12.7. The van der Waals surface area contributed by atoms with E-state index in [1.54, 1.807) is 24.3 Å². The van der Waals surface area contributed by atoms with Crippen molar-refractivity contribution in [2.75, 3.05) is 0 Å². The van der Waals surface area contributed by atoms with Gasteiger partial charge in [-0.3, -0.25) is 4.79 Å². The van der Waals surface area contributed by atoms with Gasteiger partial charge in [0.05, 0.1) is 0 Å². The highest BCUT2D eigenvalue weighted by Gasteiger charge is 2.20. The Balaban J connectivity index is 2.16. The molecule has 0 saturated heterocycles. The molecule has 1 heterocycles. The molecular weight excluding hydrogens is 268 g/mol. The summed E-state index contributed by atoms with van der Waals surface area (Å²) in [6.45, 7) is 0. The van der Waals surface area contributed by atoms with Crippen LogP contribution in [0.2, 0.25) is 5.02 Å². The molecule has 0 spiro atoms. The average molecular weight is 277 g/mol. The maximum Gasteiger partial charge on any atom is 0.168 e. The van der Waals surface area contributed by atoms with Crippen LogP contribution in [0.1, 0.15) is 15.9 Å². The van der Waals surface area contributed by atoms with E-state index >= 15 is 0 Å². The molecule has 1 aliphatic rings. The van der Waals surface area contributed by atoms with Crippen molar-refractivity contribution in [3.05, 3.63) is 52.5 Å². The third-order valence-corrected chi connectivity index (χ3v) is 4.29. The molecule has 1 aliphatic heterocycles. The fraction of sp³-hybridized carbons (Fsp3) is 0.0714. The minimum atomic E-state index is 0.0318. The van der Waals surface area contributed by atoms with Crippen LogP contribution < -0.4 is 0 Å². The number of halogens is 1. The Morgan fingerprint density at radius 2 is 1.89 bits per heavy atom. The first-order chi connectivity index (χ1) is 8.63. The van der Waals surface area contributed by atoms with E-state index in [1.165, 1.54) is 11.8 Å². The second-order valence-electron chi connectivity index (χ2n) is 4.13. The Kier molecular flexibility index (Phi) is 2.80. The minimum absolute atomic E-state index is 0.0318. The number of hydrogen-bond donors (Lipinski definition) is 1. The number of phenols is 1. The normalized spacial score (nSPS) is 13.7. The van der Waals surface area contributed by atoms with Gasteiger partial charge in [0.2, 0.25) is 0 Å². The van der Waals surface area contributed by atoms with Crippen LogP contribution in [0.3, 0.4) is 0 Å². The lowest BCUT2D eigenvalue weighted by Gasteiger charge is -2.05. The van der Waals surface area contributed by atoms with Crippen molar-refractivity contribution in [1.29, 1.82) is 0 Å². The molecule has 0 fully saturated rings. The van der Waals surface area contributed by atoms with Gasteiger partial charge in [-0.2, -0.15) is 0 Å². The van der Waals surface area contributed by atoms with E-state index < -0.39 is 0 Å². The Hall–Kier alpha value is -1.45. The monoisotopic (exact) mass is 276 g/mol. The second-order valence-corrected chi connectivity index (χ2v) is 5.65. The molecule has 2 aromatic rings. The van der Waals surface area contributed by atoms with Gasteiger partial charge in [-0.15, -0.1) is 0 Å². The molecule has 0 aliphatic carbocycles. The smallest absolute Gasteiger partial charge is 0.168 e. The van der Waals surface area contributed by atoms with Crippen LogP contribution in [-0.2, 0) is 6.42 Å². The first-order valence-electron chi connectivity index (χ1n) is 5.46. The predicted molar refractivity (Wildman–Crippen MR) is 71.7 cm³/mol. The molecule has 0 radical (unpaired) electrons. The predicted octanol–water partition coefficient (Wildman–Crippen LogP) is 3.94. The van der Waals surface area contributed by atoms with Crippen LogP contribution >= 0.6 is 23.4 Å². The second kappa shape index (κ2) is 4.34. The minimum Gasteiger partial charge on any atom is -0.508 e. The molecule has 2 aromatic carbocycles. The molecule has 0 aromatic heterocycles. The molecule has 0 unspecified atom stereocenters.